The molecule has 0 saturated carbocycles. The third-order valence-corrected chi connectivity index (χ3v) is 2.26. The Morgan fingerprint density at radius 1 is 1.25 bits per heavy atom. The smallest absolute Gasteiger partial charge is 0.132 e. The first kappa shape index (κ1) is 10.5. The number of hydrogen-bond donors (Lipinski definition) is 1. The van der Waals surface area contributed by atoms with E-state index >= 15 is 0 Å². The van der Waals surface area contributed by atoms with Crippen LogP contribution in [0.25, 0.3) is 11.3 Å². The minimum atomic E-state index is -0.303. The number of nitrogens with two attached hydrogens (primary N) is 1. The number of benzene rings is 1. The van der Waals surface area contributed by atoms with Crippen LogP contribution in [-0.4, -0.2) is 9.97 Å². The molecule has 2 rings (SSSR count). The Morgan fingerprint density at radius 3 is 2.69 bits per heavy atom. The van der Waals surface area contributed by atoms with Gasteiger partial charge in [-0.2, -0.15) is 0 Å². The maximum atomic E-state index is 13.5. The lowest BCUT2D eigenvalue weighted by molar-refractivity contribution is 0.630. The van der Waals surface area contributed by atoms with Crippen molar-refractivity contribution >= 4 is 5.82 Å². The summed E-state index contributed by atoms with van der Waals surface area (Å²) in [7, 11) is 0. The fourth-order valence-electron chi connectivity index (χ4n) is 1.48. The molecule has 1 aromatic carbocycles. The van der Waals surface area contributed by atoms with E-state index in [1.807, 2.05) is 6.92 Å². The molecular formula is C12H12FN3. The summed E-state index contributed by atoms with van der Waals surface area (Å²) in [5.74, 6) is 0.686. The highest BCUT2D eigenvalue weighted by Crippen LogP contribution is 2.21. The topological polar surface area (TPSA) is 51.8 Å². The fourth-order valence-corrected chi connectivity index (χ4v) is 1.48. The summed E-state index contributed by atoms with van der Waals surface area (Å²) in [6, 6.07) is 8.07. The zero-order chi connectivity index (χ0) is 11.5. The van der Waals surface area contributed by atoms with Crippen LogP contribution in [0, 0.1) is 5.82 Å². The zero-order valence-electron chi connectivity index (χ0n) is 8.94. The average molecular weight is 217 g/mol. The molecule has 0 unspecified atom stereocenters. The molecule has 16 heavy (non-hydrogen) atoms. The normalized spacial score (nSPS) is 10.4. The summed E-state index contributed by atoms with van der Waals surface area (Å²) in [5, 5.41) is 0. The Morgan fingerprint density at radius 2 is 2.00 bits per heavy atom. The maximum absolute atomic E-state index is 13.5. The van der Waals surface area contributed by atoms with Crippen LogP contribution in [-0.2, 0) is 6.42 Å². The Balaban J connectivity index is 2.56. The Labute approximate surface area is 93.2 Å². The Bertz CT molecular complexity index is 511. The third-order valence-electron chi connectivity index (χ3n) is 2.26. The lowest BCUT2D eigenvalue weighted by atomic mass is 10.1. The molecule has 4 heteroatoms. The highest BCUT2D eigenvalue weighted by molar-refractivity contribution is 5.62. The van der Waals surface area contributed by atoms with Crippen LogP contribution >= 0.6 is 0 Å². The summed E-state index contributed by atoms with van der Waals surface area (Å²) >= 11 is 0. The van der Waals surface area contributed by atoms with Crippen molar-refractivity contribution < 1.29 is 4.39 Å². The van der Waals surface area contributed by atoms with E-state index in [2.05, 4.69) is 9.97 Å². The van der Waals surface area contributed by atoms with Crippen LogP contribution < -0.4 is 5.73 Å². The average Bonchev–Trinajstić information content (AvgIpc) is 2.28. The molecule has 2 aromatic rings. The molecule has 0 fully saturated rings. The summed E-state index contributed by atoms with van der Waals surface area (Å²) < 4.78 is 13.5. The Kier molecular flexibility index (Phi) is 2.81. The van der Waals surface area contributed by atoms with E-state index in [1.165, 1.54) is 6.07 Å². The number of rotatable bonds is 2. The van der Waals surface area contributed by atoms with Crippen LogP contribution in [0.3, 0.4) is 0 Å². The molecule has 1 aromatic heterocycles. The van der Waals surface area contributed by atoms with Crippen molar-refractivity contribution in [3.8, 4) is 11.3 Å². The van der Waals surface area contributed by atoms with Crippen LogP contribution in [0.15, 0.2) is 30.3 Å². The predicted octanol–water partition coefficient (Wildman–Crippen LogP) is 2.43. The van der Waals surface area contributed by atoms with Gasteiger partial charge in [-0.15, -0.1) is 0 Å². The van der Waals surface area contributed by atoms with Crippen molar-refractivity contribution in [2.45, 2.75) is 13.3 Å². The van der Waals surface area contributed by atoms with Gasteiger partial charge < -0.3 is 5.73 Å². The van der Waals surface area contributed by atoms with Gasteiger partial charge in [0.05, 0.1) is 5.69 Å². The van der Waals surface area contributed by atoms with Gasteiger partial charge in [-0.25, -0.2) is 14.4 Å². The standard InChI is InChI=1S/C12H12FN3/c1-2-12-15-10(7-11(14)16-12)8-5-3-4-6-9(8)13/h3-7H,2H2,1H3,(H2,14,15,16). The van der Waals surface area contributed by atoms with Gasteiger partial charge in [-0.1, -0.05) is 19.1 Å². The number of aromatic nitrogens is 2. The van der Waals surface area contributed by atoms with E-state index in [9.17, 15) is 4.39 Å². The van der Waals surface area contributed by atoms with E-state index in [0.717, 1.165) is 0 Å². The minimum absolute atomic E-state index is 0.303. The molecule has 0 bridgehead atoms. The van der Waals surface area contributed by atoms with Crippen molar-refractivity contribution in [2.24, 2.45) is 0 Å². The second kappa shape index (κ2) is 4.26. The molecule has 0 amide bonds. The summed E-state index contributed by atoms with van der Waals surface area (Å²) in [5.41, 5.74) is 6.63. The third kappa shape index (κ3) is 2.00. The molecule has 3 nitrogen and oxygen atoms in total. The first-order valence-corrected chi connectivity index (χ1v) is 5.09. The van der Waals surface area contributed by atoms with Gasteiger partial charge in [0, 0.05) is 18.1 Å². The zero-order valence-corrected chi connectivity index (χ0v) is 8.94. The predicted molar refractivity (Wildman–Crippen MR) is 61.2 cm³/mol. The quantitative estimate of drug-likeness (QED) is 0.840. The van der Waals surface area contributed by atoms with Crippen LogP contribution in [0.5, 0.6) is 0 Å². The lowest BCUT2D eigenvalue weighted by Gasteiger charge is -2.05. The molecule has 0 atom stereocenters. The maximum Gasteiger partial charge on any atom is 0.132 e. The number of nitrogen functional groups attached to an aromatic ring is 1. The summed E-state index contributed by atoms with van der Waals surface area (Å²) in [4.78, 5) is 8.30. The van der Waals surface area contributed by atoms with Crippen LogP contribution in [0.1, 0.15) is 12.7 Å². The number of hydrogen-bond acceptors (Lipinski definition) is 3. The SMILES string of the molecule is CCc1nc(N)cc(-c2ccccc2F)n1. The molecular weight excluding hydrogens is 205 g/mol. The largest absolute Gasteiger partial charge is 0.384 e. The highest BCUT2D eigenvalue weighted by atomic mass is 19.1. The monoisotopic (exact) mass is 217 g/mol. The van der Waals surface area contributed by atoms with Gasteiger partial charge in [0.1, 0.15) is 17.5 Å². The van der Waals surface area contributed by atoms with E-state index in [4.69, 9.17) is 5.73 Å². The molecule has 0 radical (unpaired) electrons. The highest BCUT2D eigenvalue weighted by Gasteiger charge is 2.07. The molecule has 82 valence electrons. The van der Waals surface area contributed by atoms with Crippen molar-refractivity contribution in [3.63, 3.8) is 0 Å². The van der Waals surface area contributed by atoms with Crippen molar-refractivity contribution in [1.82, 2.24) is 9.97 Å². The minimum Gasteiger partial charge on any atom is -0.384 e. The van der Waals surface area contributed by atoms with E-state index in [-0.39, 0.29) is 5.82 Å². The van der Waals surface area contributed by atoms with Crippen molar-refractivity contribution in [1.29, 1.82) is 0 Å². The summed E-state index contributed by atoms with van der Waals surface area (Å²) in [6.07, 6.45) is 0.673. The van der Waals surface area contributed by atoms with Gasteiger partial charge in [0.2, 0.25) is 0 Å². The number of anilines is 1. The number of halogens is 1. The van der Waals surface area contributed by atoms with E-state index in [0.29, 0.717) is 29.3 Å². The lowest BCUT2D eigenvalue weighted by Crippen LogP contribution is -2.00. The van der Waals surface area contributed by atoms with Crippen LogP contribution in [0.4, 0.5) is 10.2 Å². The van der Waals surface area contributed by atoms with Gasteiger partial charge in [-0.3, -0.25) is 0 Å². The van der Waals surface area contributed by atoms with Gasteiger partial charge >= 0.3 is 0 Å². The Hall–Kier alpha value is -1.97. The van der Waals surface area contributed by atoms with Crippen molar-refractivity contribution in [2.75, 3.05) is 5.73 Å². The second-order valence-electron chi connectivity index (χ2n) is 3.43. The van der Waals surface area contributed by atoms with Gasteiger partial charge in [0.25, 0.3) is 0 Å². The van der Waals surface area contributed by atoms with Gasteiger partial charge in [-0.05, 0) is 12.1 Å². The van der Waals surface area contributed by atoms with Gasteiger partial charge in [0.15, 0.2) is 0 Å². The molecule has 0 aliphatic rings. The molecule has 0 aliphatic carbocycles. The molecule has 0 saturated heterocycles. The first-order valence-electron chi connectivity index (χ1n) is 5.09. The molecule has 2 N–H and O–H groups in total. The second-order valence-corrected chi connectivity index (χ2v) is 3.43. The molecule has 1 heterocycles. The van der Waals surface area contributed by atoms with Crippen molar-refractivity contribution in [3.05, 3.63) is 42.0 Å². The summed E-state index contributed by atoms with van der Waals surface area (Å²) in [6.45, 7) is 1.93. The molecule has 0 spiro atoms. The molecule has 0 aliphatic heterocycles. The van der Waals surface area contributed by atoms with Crippen LogP contribution in [0.2, 0.25) is 0 Å². The first-order chi connectivity index (χ1) is 7.70. The van der Waals surface area contributed by atoms with E-state index < -0.39 is 0 Å². The fraction of sp³-hybridized carbons (Fsp3) is 0.167. The van der Waals surface area contributed by atoms with E-state index in [1.54, 1.807) is 24.3 Å². The number of nitrogens with zero attached hydrogens (tertiary/aromatic N) is 2. The number of aryl methyl sites for hydroxylation is 1.